The first-order chi connectivity index (χ1) is 6.11. The van der Waals surface area contributed by atoms with Crippen molar-refractivity contribution in [2.45, 2.75) is 26.3 Å². The summed E-state index contributed by atoms with van der Waals surface area (Å²) in [6, 6.07) is 2.31. The van der Waals surface area contributed by atoms with Gasteiger partial charge in [0.25, 0.3) is 0 Å². The lowest BCUT2D eigenvalue weighted by molar-refractivity contribution is 0.0945. The van der Waals surface area contributed by atoms with Crippen LogP contribution in [0.25, 0.3) is 0 Å². The zero-order valence-electron chi connectivity index (χ0n) is 8.71. The van der Waals surface area contributed by atoms with Crippen molar-refractivity contribution >= 4 is 0 Å². The Bertz CT molecular complexity index is 211. The summed E-state index contributed by atoms with van der Waals surface area (Å²) >= 11 is 0. The van der Waals surface area contributed by atoms with Crippen LogP contribution in [0.1, 0.15) is 20.3 Å². The van der Waals surface area contributed by atoms with Gasteiger partial charge in [0.05, 0.1) is 18.7 Å². The minimum absolute atomic E-state index is 0.0404. The monoisotopic (exact) mass is 182 g/mol. The van der Waals surface area contributed by atoms with Gasteiger partial charge >= 0.3 is 0 Å². The molecule has 2 unspecified atom stereocenters. The Labute approximate surface area is 80.3 Å². The fraction of sp³-hybridized carbons (Fsp3) is 0.900. The number of rotatable bonds is 3. The van der Waals surface area contributed by atoms with E-state index in [1.54, 1.807) is 7.11 Å². The van der Waals surface area contributed by atoms with E-state index in [1.807, 2.05) is 6.92 Å². The Morgan fingerprint density at radius 2 is 2.38 bits per heavy atom. The molecule has 1 fully saturated rings. The third kappa shape index (κ3) is 2.43. The summed E-state index contributed by atoms with van der Waals surface area (Å²) in [5, 5.41) is 8.77. The van der Waals surface area contributed by atoms with Crippen LogP contribution >= 0.6 is 0 Å². The molecule has 0 aromatic carbocycles. The van der Waals surface area contributed by atoms with Crippen LogP contribution in [0.2, 0.25) is 0 Å². The molecule has 2 atom stereocenters. The lowest BCUT2D eigenvalue weighted by Gasteiger charge is -2.24. The highest BCUT2D eigenvalue weighted by Crippen LogP contribution is 2.30. The molecule has 74 valence electrons. The lowest BCUT2D eigenvalue weighted by Crippen LogP contribution is -2.33. The van der Waals surface area contributed by atoms with E-state index in [2.05, 4.69) is 17.9 Å². The van der Waals surface area contributed by atoms with Crippen LogP contribution in [-0.2, 0) is 4.74 Å². The van der Waals surface area contributed by atoms with Crippen LogP contribution in [0.4, 0.5) is 0 Å². The van der Waals surface area contributed by atoms with Crippen molar-refractivity contribution in [3.63, 3.8) is 0 Å². The molecule has 1 saturated heterocycles. The fourth-order valence-corrected chi connectivity index (χ4v) is 1.94. The molecule has 0 aromatic rings. The predicted octanol–water partition coefficient (Wildman–Crippen LogP) is 1.26. The van der Waals surface area contributed by atoms with Gasteiger partial charge in [-0.2, -0.15) is 5.26 Å². The third-order valence-corrected chi connectivity index (χ3v) is 2.81. The summed E-state index contributed by atoms with van der Waals surface area (Å²) in [5.74, 6) is 0. The van der Waals surface area contributed by atoms with Crippen LogP contribution in [0.15, 0.2) is 0 Å². The first kappa shape index (κ1) is 10.5. The first-order valence-electron chi connectivity index (χ1n) is 4.74. The minimum atomic E-state index is 0.0404. The van der Waals surface area contributed by atoms with E-state index in [0.29, 0.717) is 0 Å². The van der Waals surface area contributed by atoms with Gasteiger partial charge in [-0.1, -0.05) is 6.92 Å². The second kappa shape index (κ2) is 4.08. The fourth-order valence-electron chi connectivity index (χ4n) is 1.94. The number of hydrogen-bond acceptors (Lipinski definition) is 3. The van der Waals surface area contributed by atoms with E-state index < -0.39 is 0 Å². The number of hydrogen-bond donors (Lipinski definition) is 0. The summed E-state index contributed by atoms with van der Waals surface area (Å²) in [5.41, 5.74) is 0.250. The minimum Gasteiger partial charge on any atom is -0.384 e. The lowest BCUT2D eigenvalue weighted by atomic mass is 9.91. The average molecular weight is 182 g/mol. The Morgan fingerprint density at radius 1 is 1.69 bits per heavy atom. The molecular weight excluding hydrogens is 164 g/mol. The molecule has 1 heterocycles. The molecule has 3 heteroatoms. The quantitative estimate of drug-likeness (QED) is 0.659. The predicted molar refractivity (Wildman–Crippen MR) is 51.2 cm³/mol. The van der Waals surface area contributed by atoms with Crippen LogP contribution in [0.5, 0.6) is 0 Å². The van der Waals surface area contributed by atoms with Gasteiger partial charge in [-0.15, -0.1) is 0 Å². The van der Waals surface area contributed by atoms with Crippen LogP contribution < -0.4 is 0 Å². The SMILES string of the molecule is COCC1(C)CCN(C(C)C#N)C1. The number of ether oxygens (including phenoxy) is 1. The second-order valence-corrected chi connectivity index (χ2v) is 4.27. The molecule has 0 saturated carbocycles. The molecule has 0 spiro atoms. The molecule has 0 radical (unpaired) electrons. The molecular formula is C10H18N2O. The van der Waals surface area contributed by atoms with Crippen LogP contribution in [0, 0.1) is 16.7 Å². The maximum absolute atomic E-state index is 8.77. The van der Waals surface area contributed by atoms with Gasteiger partial charge in [0.2, 0.25) is 0 Å². The summed E-state index contributed by atoms with van der Waals surface area (Å²) in [6.45, 7) is 6.98. The van der Waals surface area contributed by atoms with Crippen molar-refractivity contribution in [3.05, 3.63) is 0 Å². The average Bonchev–Trinajstić information content (AvgIpc) is 2.47. The molecule has 0 aromatic heterocycles. The van der Waals surface area contributed by atoms with Crippen molar-refractivity contribution < 1.29 is 4.74 Å². The summed E-state index contributed by atoms with van der Waals surface area (Å²) in [4.78, 5) is 2.22. The van der Waals surface area contributed by atoms with Crippen molar-refractivity contribution in [2.75, 3.05) is 26.8 Å². The Kier molecular flexibility index (Phi) is 3.29. The van der Waals surface area contributed by atoms with Gasteiger partial charge in [-0.3, -0.25) is 4.90 Å². The highest BCUT2D eigenvalue weighted by atomic mass is 16.5. The van der Waals surface area contributed by atoms with E-state index in [1.165, 1.54) is 0 Å². The number of likely N-dealkylation sites (tertiary alicyclic amines) is 1. The first-order valence-corrected chi connectivity index (χ1v) is 4.74. The molecule has 3 nitrogen and oxygen atoms in total. The standard InChI is InChI=1S/C10H18N2O/c1-9(6-11)12-5-4-10(2,7-12)8-13-3/h9H,4-5,7-8H2,1-3H3. The maximum atomic E-state index is 8.77. The Balaban J connectivity index is 2.49. The van der Waals surface area contributed by atoms with Crippen molar-refractivity contribution in [2.24, 2.45) is 5.41 Å². The smallest absolute Gasteiger partial charge is 0.0949 e. The largest absolute Gasteiger partial charge is 0.384 e. The van der Waals surface area contributed by atoms with Gasteiger partial charge in [0.1, 0.15) is 0 Å². The molecule has 0 N–H and O–H groups in total. The van der Waals surface area contributed by atoms with Crippen LogP contribution in [-0.4, -0.2) is 37.7 Å². The molecule has 0 bridgehead atoms. The normalized spacial score (nSPS) is 31.5. The summed E-state index contributed by atoms with van der Waals surface area (Å²) in [7, 11) is 1.74. The van der Waals surface area contributed by atoms with Gasteiger partial charge in [0.15, 0.2) is 0 Å². The summed E-state index contributed by atoms with van der Waals surface area (Å²) in [6.07, 6.45) is 1.13. The van der Waals surface area contributed by atoms with Crippen molar-refractivity contribution in [1.82, 2.24) is 4.90 Å². The number of nitrogens with zero attached hydrogens (tertiary/aromatic N) is 2. The Hall–Kier alpha value is -0.590. The van der Waals surface area contributed by atoms with Crippen molar-refractivity contribution in [3.8, 4) is 6.07 Å². The molecule has 1 aliphatic heterocycles. The second-order valence-electron chi connectivity index (χ2n) is 4.27. The van der Waals surface area contributed by atoms with E-state index >= 15 is 0 Å². The molecule has 13 heavy (non-hydrogen) atoms. The van der Waals surface area contributed by atoms with Crippen LogP contribution in [0.3, 0.4) is 0 Å². The van der Waals surface area contributed by atoms with E-state index in [4.69, 9.17) is 10.00 Å². The molecule has 1 rings (SSSR count). The zero-order chi connectivity index (χ0) is 9.90. The third-order valence-electron chi connectivity index (χ3n) is 2.81. The van der Waals surface area contributed by atoms with Gasteiger partial charge in [-0.05, 0) is 13.3 Å². The zero-order valence-corrected chi connectivity index (χ0v) is 8.71. The van der Waals surface area contributed by atoms with Gasteiger partial charge in [-0.25, -0.2) is 0 Å². The van der Waals surface area contributed by atoms with Gasteiger partial charge in [0, 0.05) is 25.6 Å². The van der Waals surface area contributed by atoms with E-state index in [0.717, 1.165) is 26.1 Å². The number of nitriles is 1. The maximum Gasteiger partial charge on any atom is 0.0949 e. The highest BCUT2D eigenvalue weighted by molar-refractivity contribution is 4.95. The molecule has 0 amide bonds. The number of methoxy groups -OCH3 is 1. The van der Waals surface area contributed by atoms with Gasteiger partial charge < -0.3 is 4.74 Å². The van der Waals surface area contributed by atoms with E-state index in [9.17, 15) is 0 Å². The topological polar surface area (TPSA) is 36.3 Å². The van der Waals surface area contributed by atoms with Crippen molar-refractivity contribution in [1.29, 1.82) is 5.26 Å². The summed E-state index contributed by atoms with van der Waals surface area (Å²) < 4.78 is 5.18. The molecule has 1 aliphatic rings. The molecule has 0 aliphatic carbocycles. The highest BCUT2D eigenvalue weighted by Gasteiger charge is 2.35. The Morgan fingerprint density at radius 3 is 2.92 bits per heavy atom. The van der Waals surface area contributed by atoms with E-state index in [-0.39, 0.29) is 11.5 Å².